The second kappa shape index (κ2) is 8.47. The molecule has 0 radical (unpaired) electrons. The maximum Gasteiger partial charge on any atom is 0.261 e. The zero-order chi connectivity index (χ0) is 20.2. The minimum absolute atomic E-state index is 0.0447. The van der Waals surface area contributed by atoms with E-state index in [1.807, 2.05) is 36.1 Å². The quantitative estimate of drug-likeness (QED) is 0.609. The monoisotopic (exact) mass is 391 g/mol. The Morgan fingerprint density at radius 3 is 2.90 bits per heavy atom. The molecule has 1 unspecified atom stereocenters. The average Bonchev–Trinajstić information content (AvgIpc) is 3.34. The largest absolute Gasteiger partial charge is 0.493 e. The van der Waals surface area contributed by atoms with Gasteiger partial charge in [0.1, 0.15) is 5.75 Å². The van der Waals surface area contributed by atoms with Crippen molar-refractivity contribution in [2.24, 2.45) is 0 Å². The minimum Gasteiger partial charge on any atom is -0.493 e. The van der Waals surface area contributed by atoms with Gasteiger partial charge in [0.05, 0.1) is 12.2 Å². The van der Waals surface area contributed by atoms with Crippen LogP contribution in [0.4, 0.5) is 0 Å². The highest BCUT2D eigenvalue weighted by Gasteiger charge is 2.33. The molecule has 0 saturated carbocycles. The Kier molecular flexibility index (Phi) is 5.60. The van der Waals surface area contributed by atoms with E-state index in [0.29, 0.717) is 43.6 Å². The first-order valence-electron chi connectivity index (χ1n) is 10.0. The van der Waals surface area contributed by atoms with Crippen molar-refractivity contribution in [1.29, 1.82) is 0 Å². The Morgan fingerprint density at radius 2 is 2.07 bits per heavy atom. The second-order valence-electron chi connectivity index (χ2n) is 7.37. The fourth-order valence-corrected chi connectivity index (χ4v) is 3.73. The van der Waals surface area contributed by atoms with Crippen LogP contribution in [-0.4, -0.2) is 40.6 Å². The molecular formula is C23H25N3O3. The second-order valence-corrected chi connectivity index (χ2v) is 7.37. The number of ether oxygens (including phenoxy) is 1. The summed E-state index contributed by atoms with van der Waals surface area (Å²) in [5, 5.41) is 4.15. The van der Waals surface area contributed by atoms with Gasteiger partial charge < -0.3 is 14.2 Å². The van der Waals surface area contributed by atoms with Crippen molar-refractivity contribution in [3.8, 4) is 17.2 Å². The van der Waals surface area contributed by atoms with Gasteiger partial charge in [0.25, 0.3) is 5.89 Å². The molecule has 2 aromatic carbocycles. The van der Waals surface area contributed by atoms with E-state index in [2.05, 4.69) is 41.3 Å². The van der Waals surface area contributed by atoms with Crippen molar-refractivity contribution in [2.75, 3.05) is 19.7 Å². The van der Waals surface area contributed by atoms with Gasteiger partial charge >= 0.3 is 0 Å². The smallest absolute Gasteiger partial charge is 0.261 e. The van der Waals surface area contributed by atoms with Gasteiger partial charge in [0.15, 0.2) is 5.82 Å². The molecule has 150 valence electrons. The van der Waals surface area contributed by atoms with E-state index >= 15 is 0 Å². The van der Waals surface area contributed by atoms with Gasteiger partial charge in [-0.25, -0.2) is 0 Å². The molecule has 1 aliphatic rings. The van der Waals surface area contributed by atoms with Gasteiger partial charge in [-0.1, -0.05) is 47.1 Å². The molecule has 1 saturated heterocycles. The number of likely N-dealkylation sites (tertiary alicyclic amines) is 1. The van der Waals surface area contributed by atoms with E-state index in [9.17, 15) is 4.79 Å². The number of rotatable bonds is 7. The number of carbonyl (C=O) groups is 1. The molecule has 1 amide bonds. The summed E-state index contributed by atoms with van der Waals surface area (Å²) in [5.74, 6) is 1.82. The predicted octanol–water partition coefficient (Wildman–Crippen LogP) is 4.00. The predicted molar refractivity (Wildman–Crippen MR) is 110 cm³/mol. The summed E-state index contributed by atoms with van der Waals surface area (Å²) >= 11 is 0. The Morgan fingerprint density at radius 1 is 1.21 bits per heavy atom. The van der Waals surface area contributed by atoms with E-state index in [-0.39, 0.29) is 11.8 Å². The standard InChI is InChI=1S/C23H25N3O3/c1-3-28-20-10-5-4-9-19(20)23-24-22(25-29-23)18-14-21(27)26(15-18)12-11-17-8-6-7-16(2)13-17/h4-10,13,18H,3,11-12,14-15H2,1-2H3. The summed E-state index contributed by atoms with van der Waals surface area (Å²) in [6.45, 7) is 5.90. The summed E-state index contributed by atoms with van der Waals surface area (Å²) in [5.41, 5.74) is 3.25. The fourth-order valence-electron chi connectivity index (χ4n) is 3.73. The van der Waals surface area contributed by atoms with Crippen LogP contribution in [0.1, 0.15) is 36.2 Å². The van der Waals surface area contributed by atoms with Crippen molar-refractivity contribution in [2.45, 2.75) is 32.6 Å². The van der Waals surface area contributed by atoms with Crippen molar-refractivity contribution in [3.05, 3.63) is 65.5 Å². The highest BCUT2D eigenvalue weighted by molar-refractivity contribution is 5.79. The number of aryl methyl sites for hydroxylation is 1. The number of benzene rings is 2. The summed E-state index contributed by atoms with van der Waals surface area (Å²) in [7, 11) is 0. The number of hydrogen-bond donors (Lipinski definition) is 0. The van der Waals surface area contributed by atoms with Gasteiger partial charge in [0, 0.05) is 25.4 Å². The molecule has 1 aromatic heterocycles. The van der Waals surface area contributed by atoms with Crippen LogP contribution in [0.2, 0.25) is 0 Å². The summed E-state index contributed by atoms with van der Waals surface area (Å²) in [4.78, 5) is 18.9. The van der Waals surface area contributed by atoms with E-state index < -0.39 is 0 Å². The van der Waals surface area contributed by atoms with E-state index in [0.717, 1.165) is 12.0 Å². The van der Waals surface area contributed by atoms with E-state index in [4.69, 9.17) is 9.26 Å². The first kappa shape index (κ1) is 19.2. The number of para-hydroxylation sites is 1. The molecule has 4 rings (SSSR count). The maximum atomic E-state index is 12.5. The number of hydrogen-bond acceptors (Lipinski definition) is 5. The zero-order valence-corrected chi connectivity index (χ0v) is 16.8. The van der Waals surface area contributed by atoms with Gasteiger partial charge in [-0.2, -0.15) is 4.98 Å². The normalized spacial score (nSPS) is 16.4. The number of carbonyl (C=O) groups excluding carboxylic acids is 1. The lowest BCUT2D eigenvalue weighted by atomic mass is 10.1. The van der Waals surface area contributed by atoms with Crippen LogP contribution in [0.3, 0.4) is 0 Å². The Bertz CT molecular complexity index is 998. The van der Waals surface area contributed by atoms with Gasteiger partial charge in [-0.3, -0.25) is 4.79 Å². The lowest BCUT2D eigenvalue weighted by Gasteiger charge is -2.16. The van der Waals surface area contributed by atoms with Crippen molar-refractivity contribution in [3.63, 3.8) is 0 Å². The molecule has 1 fully saturated rings. The molecule has 0 spiro atoms. The van der Waals surface area contributed by atoms with Crippen molar-refractivity contribution < 1.29 is 14.1 Å². The lowest BCUT2D eigenvalue weighted by Crippen LogP contribution is -2.27. The zero-order valence-electron chi connectivity index (χ0n) is 16.8. The molecule has 3 aromatic rings. The van der Waals surface area contributed by atoms with Crippen LogP contribution in [0.5, 0.6) is 5.75 Å². The Labute approximate surface area is 170 Å². The molecule has 0 N–H and O–H groups in total. The fraction of sp³-hybridized carbons (Fsp3) is 0.348. The first-order chi connectivity index (χ1) is 14.1. The van der Waals surface area contributed by atoms with E-state index in [1.165, 1.54) is 11.1 Å². The summed E-state index contributed by atoms with van der Waals surface area (Å²) < 4.78 is 11.1. The van der Waals surface area contributed by atoms with Gasteiger partial charge in [0.2, 0.25) is 5.91 Å². The van der Waals surface area contributed by atoms with Crippen LogP contribution in [0.15, 0.2) is 53.1 Å². The Balaban J connectivity index is 1.43. The third-order valence-corrected chi connectivity index (χ3v) is 5.19. The summed E-state index contributed by atoms with van der Waals surface area (Å²) in [6, 6.07) is 16.0. The molecule has 2 heterocycles. The topological polar surface area (TPSA) is 68.5 Å². The molecule has 6 nitrogen and oxygen atoms in total. The highest BCUT2D eigenvalue weighted by Crippen LogP contribution is 2.32. The first-order valence-corrected chi connectivity index (χ1v) is 10.0. The molecule has 0 aliphatic carbocycles. The molecule has 6 heteroatoms. The molecule has 29 heavy (non-hydrogen) atoms. The van der Waals surface area contributed by atoms with Crippen LogP contribution in [-0.2, 0) is 11.2 Å². The van der Waals surface area contributed by atoms with Gasteiger partial charge in [-0.05, 0) is 38.0 Å². The Hall–Kier alpha value is -3.15. The van der Waals surface area contributed by atoms with E-state index in [1.54, 1.807) is 0 Å². The van der Waals surface area contributed by atoms with Gasteiger partial charge in [-0.15, -0.1) is 0 Å². The molecule has 0 bridgehead atoms. The van der Waals surface area contributed by atoms with Crippen LogP contribution < -0.4 is 4.74 Å². The molecule has 1 aliphatic heterocycles. The third-order valence-electron chi connectivity index (χ3n) is 5.19. The average molecular weight is 391 g/mol. The minimum atomic E-state index is -0.0447. The lowest BCUT2D eigenvalue weighted by molar-refractivity contribution is -0.127. The SMILES string of the molecule is CCOc1ccccc1-c1nc(C2CC(=O)N(CCc3cccc(C)c3)C2)no1. The number of nitrogens with zero attached hydrogens (tertiary/aromatic N) is 3. The maximum absolute atomic E-state index is 12.5. The van der Waals surface area contributed by atoms with Crippen molar-refractivity contribution >= 4 is 5.91 Å². The molecule has 1 atom stereocenters. The summed E-state index contributed by atoms with van der Waals surface area (Å²) in [6.07, 6.45) is 1.26. The number of amides is 1. The third kappa shape index (κ3) is 4.31. The number of aromatic nitrogens is 2. The highest BCUT2D eigenvalue weighted by atomic mass is 16.5. The van der Waals surface area contributed by atoms with Crippen LogP contribution in [0.25, 0.3) is 11.5 Å². The van der Waals surface area contributed by atoms with Crippen LogP contribution >= 0.6 is 0 Å². The van der Waals surface area contributed by atoms with Crippen molar-refractivity contribution in [1.82, 2.24) is 15.0 Å². The molecular weight excluding hydrogens is 366 g/mol. The van der Waals surface area contributed by atoms with Crippen LogP contribution in [0, 0.1) is 6.92 Å².